The maximum absolute atomic E-state index is 5.10. The first-order valence-electron chi connectivity index (χ1n) is 2.08. The third kappa shape index (κ3) is 2.96. The van der Waals surface area contributed by atoms with Crippen molar-refractivity contribution in [2.75, 3.05) is 6.54 Å². The Bertz CT molecular complexity index is 84.9. The molecular weight excluding hydrogens is 90.1 g/mol. The van der Waals surface area contributed by atoms with E-state index in [1.807, 2.05) is 6.92 Å². The molecule has 0 aliphatic carbocycles. The summed E-state index contributed by atoms with van der Waals surface area (Å²) in [6.45, 7) is 5.73. The van der Waals surface area contributed by atoms with Crippen LogP contribution in [0.2, 0.25) is 0 Å². The highest BCUT2D eigenvalue weighted by Gasteiger charge is 1.74. The molecule has 0 radical (unpaired) electrons. The molecule has 3 nitrogen and oxygen atoms in total. The molecule has 40 valence electrons. The Labute approximate surface area is 43.0 Å². The molecule has 0 fully saturated rings. The Kier molecular flexibility index (Phi) is 2.92. The highest BCUT2D eigenvalue weighted by molar-refractivity contribution is 5.82. The Morgan fingerprint density at radius 1 is 1.86 bits per heavy atom. The van der Waals surface area contributed by atoms with Gasteiger partial charge in [0, 0.05) is 6.54 Å². The summed E-state index contributed by atoms with van der Waals surface area (Å²) in [5, 5.41) is 0. The Hall–Kier alpha value is -0.860. The molecule has 0 spiro atoms. The van der Waals surface area contributed by atoms with Crippen LogP contribution in [0.4, 0.5) is 0 Å². The Morgan fingerprint density at radius 3 is 2.57 bits per heavy atom. The molecule has 0 unspecified atom stereocenters. The van der Waals surface area contributed by atoms with E-state index < -0.39 is 0 Å². The number of hydrogen-bond acceptors (Lipinski definition) is 1. The van der Waals surface area contributed by atoms with E-state index in [-0.39, 0.29) is 5.96 Å². The van der Waals surface area contributed by atoms with Crippen molar-refractivity contribution in [3.63, 3.8) is 0 Å². The van der Waals surface area contributed by atoms with Crippen LogP contribution in [0.5, 0.6) is 0 Å². The highest BCUT2D eigenvalue weighted by atomic mass is 15.0. The number of guanidine groups is 1. The summed E-state index contributed by atoms with van der Waals surface area (Å²) in [5.74, 6) is 0.266. The lowest BCUT2D eigenvalue weighted by Crippen LogP contribution is -2.07. The zero-order chi connectivity index (χ0) is 5.70. The summed E-state index contributed by atoms with van der Waals surface area (Å²) < 4.78 is 0. The normalized spacial score (nSPS) is 11.3. The number of nitrogens with two attached hydrogens (primary N) is 1. The average Bonchev–Trinajstić information content (AvgIpc) is 1.68. The maximum atomic E-state index is 5.10. The first-order valence-corrected chi connectivity index (χ1v) is 2.08. The van der Waals surface area contributed by atoms with Gasteiger partial charge in [-0.1, -0.05) is 0 Å². The summed E-state index contributed by atoms with van der Waals surface area (Å²) in [5.41, 5.74) is 5.10. The molecule has 3 heteroatoms. The van der Waals surface area contributed by atoms with Crippen LogP contribution in [0.25, 0.3) is 0 Å². The fourth-order valence-corrected chi connectivity index (χ4v) is 0.212. The number of rotatable bonds is 1. The van der Waals surface area contributed by atoms with Crippen molar-refractivity contribution in [3.8, 4) is 0 Å². The van der Waals surface area contributed by atoms with Gasteiger partial charge in [0.25, 0.3) is 0 Å². The Morgan fingerprint density at radius 2 is 2.43 bits per heavy atom. The number of nitrogens with zero attached hydrogens (tertiary/aromatic N) is 2. The molecule has 0 aliphatic heterocycles. The van der Waals surface area contributed by atoms with Gasteiger partial charge in [0.15, 0.2) is 0 Å². The van der Waals surface area contributed by atoms with Crippen molar-refractivity contribution < 1.29 is 0 Å². The number of hydrogen-bond donors (Lipinski definition) is 1. The molecule has 0 atom stereocenters. The zero-order valence-corrected chi connectivity index (χ0v) is 4.39. The smallest absolute Gasteiger partial charge is 0.214 e. The van der Waals surface area contributed by atoms with Crippen LogP contribution >= 0.6 is 0 Å². The standard InChI is InChI=1S/C4H9N3/c1-3-7-4(5)6-2/h2-3H2,1H3,(H2,5,7). The monoisotopic (exact) mass is 99.1 g/mol. The fraction of sp³-hybridized carbons (Fsp3) is 0.500. The molecular formula is C4H9N3. The molecule has 0 bridgehead atoms. The predicted molar refractivity (Wildman–Crippen MR) is 31.7 cm³/mol. The lowest BCUT2D eigenvalue weighted by Gasteiger charge is -1.83. The van der Waals surface area contributed by atoms with Crippen LogP contribution in [0.3, 0.4) is 0 Å². The van der Waals surface area contributed by atoms with Crippen LogP contribution in [0, 0.1) is 0 Å². The second-order valence-corrected chi connectivity index (χ2v) is 0.991. The summed E-state index contributed by atoms with van der Waals surface area (Å²) in [7, 11) is 0. The van der Waals surface area contributed by atoms with Crippen molar-refractivity contribution in [2.24, 2.45) is 15.7 Å². The van der Waals surface area contributed by atoms with E-state index >= 15 is 0 Å². The molecule has 0 heterocycles. The van der Waals surface area contributed by atoms with E-state index in [1.165, 1.54) is 0 Å². The first-order chi connectivity index (χ1) is 3.31. The van der Waals surface area contributed by atoms with E-state index in [4.69, 9.17) is 5.73 Å². The van der Waals surface area contributed by atoms with Crippen LogP contribution in [-0.4, -0.2) is 19.2 Å². The minimum absolute atomic E-state index is 0.266. The lowest BCUT2D eigenvalue weighted by atomic mass is 10.8. The summed E-state index contributed by atoms with van der Waals surface area (Å²) in [6.07, 6.45) is 0. The second-order valence-electron chi connectivity index (χ2n) is 0.991. The van der Waals surface area contributed by atoms with Gasteiger partial charge in [0.05, 0.1) is 0 Å². The molecule has 0 saturated heterocycles. The topological polar surface area (TPSA) is 50.7 Å². The summed E-state index contributed by atoms with van der Waals surface area (Å²) in [6, 6.07) is 0. The SMILES string of the molecule is C=NC(N)=NCC. The molecule has 0 amide bonds. The van der Waals surface area contributed by atoms with Crippen LogP contribution in [-0.2, 0) is 0 Å². The predicted octanol–water partition coefficient (Wildman–Crippen LogP) is 0.0216. The van der Waals surface area contributed by atoms with Crippen molar-refractivity contribution in [1.29, 1.82) is 0 Å². The second kappa shape index (κ2) is 3.33. The van der Waals surface area contributed by atoms with E-state index in [0.717, 1.165) is 0 Å². The van der Waals surface area contributed by atoms with Crippen molar-refractivity contribution in [1.82, 2.24) is 0 Å². The molecule has 0 aromatic heterocycles. The maximum Gasteiger partial charge on any atom is 0.214 e. The lowest BCUT2D eigenvalue weighted by molar-refractivity contribution is 1.11. The van der Waals surface area contributed by atoms with Crippen molar-refractivity contribution in [3.05, 3.63) is 0 Å². The molecule has 0 aliphatic rings. The molecule has 0 aromatic carbocycles. The zero-order valence-electron chi connectivity index (χ0n) is 4.39. The average molecular weight is 99.1 g/mol. The fourth-order valence-electron chi connectivity index (χ4n) is 0.212. The van der Waals surface area contributed by atoms with Gasteiger partial charge in [-0.2, -0.15) is 0 Å². The Balaban J connectivity index is 3.49. The summed E-state index contributed by atoms with van der Waals surface area (Å²) in [4.78, 5) is 7.06. The van der Waals surface area contributed by atoms with Gasteiger partial charge in [-0.15, -0.1) is 0 Å². The van der Waals surface area contributed by atoms with Crippen molar-refractivity contribution >= 4 is 12.7 Å². The molecule has 7 heavy (non-hydrogen) atoms. The summed E-state index contributed by atoms with van der Waals surface area (Å²) >= 11 is 0. The van der Waals surface area contributed by atoms with E-state index in [1.54, 1.807) is 0 Å². The van der Waals surface area contributed by atoms with Crippen LogP contribution in [0.1, 0.15) is 6.92 Å². The van der Waals surface area contributed by atoms with Crippen molar-refractivity contribution in [2.45, 2.75) is 6.92 Å². The molecule has 2 N–H and O–H groups in total. The van der Waals surface area contributed by atoms with Crippen LogP contribution < -0.4 is 5.73 Å². The minimum Gasteiger partial charge on any atom is -0.368 e. The third-order valence-corrected chi connectivity index (χ3v) is 0.482. The van der Waals surface area contributed by atoms with Gasteiger partial charge in [-0.3, -0.25) is 4.99 Å². The van der Waals surface area contributed by atoms with Gasteiger partial charge >= 0.3 is 0 Å². The number of aliphatic imine (C=N–C) groups is 2. The van der Waals surface area contributed by atoms with Gasteiger partial charge < -0.3 is 5.73 Å². The quantitative estimate of drug-likeness (QED) is 0.365. The highest BCUT2D eigenvalue weighted by Crippen LogP contribution is 1.67. The third-order valence-electron chi connectivity index (χ3n) is 0.482. The molecule has 0 rings (SSSR count). The van der Waals surface area contributed by atoms with E-state index in [9.17, 15) is 0 Å². The largest absolute Gasteiger partial charge is 0.368 e. The van der Waals surface area contributed by atoms with Crippen LogP contribution in [0.15, 0.2) is 9.98 Å². The first kappa shape index (κ1) is 6.14. The molecule has 0 aromatic rings. The minimum atomic E-state index is 0.266. The van der Waals surface area contributed by atoms with Gasteiger partial charge in [-0.05, 0) is 13.6 Å². The van der Waals surface area contributed by atoms with Gasteiger partial charge in [0.1, 0.15) is 0 Å². The van der Waals surface area contributed by atoms with Gasteiger partial charge in [-0.25, -0.2) is 4.99 Å². The van der Waals surface area contributed by atoms with E-state index in [0.29, 0.717) is 6.54 Å². The van der Waals surface area contributed by atoms with Gasteiger partial charge in [0.2, 0.25) is 5.96 Å². The van der Waals surface area contributed by atoms with E-state index in [2.05, 4.69) is 16.7 Å². The molecule has 0 saturated carbocycles.